The van der Waals surface area contributed by atoms with Gasteiger partial charge in [0.15, 0.2) is 0 Å². The van der Waals surface area contributed by atoms with Gasteiger partial charge in [0, 0.05) is 30.8 Å². The maximum atomic E-state index is 5.46. The molecule has 2 saturated heterocycles. The number of methoxy groups -OCH3 is 2. The lowest BCUT2D eigenvalue weighted by molar-refractivity contribution is 0.220. The van der Waals surface area contributed by atoms with Gasteiger partial charge in [-0.15, -0.1) is 0 Å². The molecular formula is C16H24N2O2. The van der Waals surface area contributed by atoms with Crippen molar-refractivity contribution in [3.05, 3.63) is 23.8 Å². The normalized spacial score (nSPS) is 28.4. The Balaban J connectivity index is 1.63. The Hall–Kier alpha value is -1.26. The minimum absolute atomic E-state index is 0.653. The Bertz CT molecular complexity index is 464. The van der Waals surface area contributed by atoms with Crippen molar-refractivity contribution in [2.45, 2.75) is 25.4 Å². The summed E-state index contributed by atoms with van der Waals surface area (Å²) in [6, 6.07) is 6.70. The van der Waals surface area contributed by atoms with Crippen LogP contribution in [0.15, 0.2) is 18.2 Å². The Morgan fingerprint density at radius 3 is 2.85 bits per heavy atom. The fraction of sp³-hybridized carbons (Fsp3) is 0.625. The molecule has 2 aliphatic rings. The number of hydrogen-bond donors (Lipinski definition) is 1. The van der Waals surface area contributed by atoms with Gasteiger partial charge in [0.05, 0.1) is 14.2 Å². The zero-order valence-electron chi connectivity index (χ0n) is 12.4. The van der Waals surface area contributed by atoms with E-state index in [-0.39, 0.29) is 0 Å². The zero-order valence-corrected chi connectivity index (χ0v) is 12.4. The van der Waals surface area contributed by atoms with Gasteiger partial charge in [0.1, 0.15) is 11.5 Å². The summed E-state index contributed by atoms with van der Waals surface area (Å²) in [5.74, 6) is 2.57. The quantitative estimate of drug-likeness (QED) is 0.890. The molecule has 2 fully saturated rings. The zero-order chi connectivity index (χ0) is 13.9. The molecule has 0 aliphatic carbocycles. The van der Waals surface area contributed by atoms with E-state index >= 15 is 0 Å². The number of piperidine rings is 1. The summed E-state index contributed by atoms with van der Waals surface area (Å²) in [4.78, 5) is 2.58. The number of fused-ring (bicyclic) bond motifs is 2. The largest absolute Gasteiger partial charge is 0.497 e. The molecule has 20 heavy (non-hydrogen) atoms. The van der Waals surface area contributed by atoms with Crippen molar-refractivity contribution in [1.82, 2.24) is 10.2 Å². The highest BCUT2D eigenvalue weighted by atomic mass is 16.5. The molecule has 0 aromatic heterocycles. The van der Waals surface area contributed by atoms with Crippen LogP contribution in [0.25, 0.3) is 0 Å². The summed E-state index contributed by atoms with van der Waals surface area (Å²) < 4.78 is 10.7. The molecule has 2 bridgehead atoms. The molecule has 110 valence electrons. The summed E-state index contributed by atoms with van der Waals surface area (Å²) in [5, 5.41) is 3.73. The van der Waals surface area contributed by atoms with Crippen molar-refractivity contribution >= 4 is 0 Å². The molecule has 0 amide bonds. The van der Waals surface area contributed by atoms with Gasteiger partial charge >= 0.3 is 0 Å². The van der Waals surface area contributed by atoms with Crippen molar-refractivity contribution in [2.75, 3.05) is 33.9 Å². The standard InChI is InChI=1S/C16H24N2O2/c1-19-14-4-3-12(16(9-14)20-2)10-17-15-6-8-18-7-5-13(15)11-18/h3-4,9,13,15,17H,5-8,10-11H2,1-2H3. The second-order valence-electron chi connectivity index (χ2n) is 5.80. The predicted octanol–water partition coefficient (Wildman–Crippen LogP) is 1.89. The van der Waals surface area contributed by atoms with Gasteiger partial charge in [-0.05, 0) is 37.9 Å². The van der Waals surface area contributed by atoms with E-state index in [1.54, 1.807) is 14.2 Å². The van der Waals surface area contributed by atoms with E-state index in [0.29, 0.717) is 6.04 Å². The Kier molecular flexibility index (Phi) is 4.13. The van der Waals surface area contributed by atoms with Crippen molar-refractivity contribution in [1.29, 1.82) is 0 Å². The maximum Gasteiger partial charge on any atom is 0.127 e. The topological polar surface area (TPSA) is 33.7 Å². The third-order valence-corrected chi connectivity index (χ3v) is 4.68. The third-order valence-electron chi connectivity index (χ3n) is 4.68. The minimum Gasteiger partial charge on any atom is -0.497 e. The molecular weight excluding hydrogens is 252 g/mol. The lowest BCUT2D eigenvalue weighted by Crippen LogP contribution is -2.43. The summed E-state index contributed by atoms with van der Waals surface area (Å²) in [6.07, 6.45) is 2.61. The Labute approximate surface area is 121 Å². The average molecular weight is 276 g/mol. The molecule has 2 heterocycles. The lowest BCUT2D eigenvalue weighted by Gasteiger charge is -2.31. The van der Waals surface area contributed by atoms with Crippen molar-refractivity contribution in [3.63, 3.8) is 0 Å². The molecule has 3 atom stereocenters. The van der Waals surface area contributed by atoms with Gasteiger partial charge in [0.2, 0.25) is 0 Å². The predicted molar refractivity (Wildman–Crippen MR) is 79.3 cm³/mol. The Morgan fingerprint density at radius 1 is 1.20 bits per heavy atom. The number of nitrogens with one attached hydrogen (secondary N) is 1. The smallest absolute Gasteiger partial charge is 0.127 e. The van der Waals surface area contributed by atoms with E-state index in [1.807, 2.05) is 12.1 Å². The summed E-state index contributed by atoms with van der Waals surface area (Å²) in [6.45, 7) is 4.67. The highest BCUT2D eigenvalue weighted by molar-refractivity contribution is 5.40. The van der Waals surface area contributed by atoms with Crippen molar-refractivity contribution < 1.29 is 9.47 Å². The van der Waals surface area contributed by atoms with Crippen LogP contribution in [0, 0.1) is 5.92 Å². The third kappa shape index (κ3) is 2.76. The first-order chi connectivity index (χ1) is 9.80. The summed E-state index contributed by atoms with van der Waals surface area (Å²) >= 11 is 0. The first-order valence-corrected chi connectivity index (χ1v) is 7.47. The van der Waals surface area contributed by atoms with Crippen molar-refractivity contribution in [3.8, 4) is 11.5 Å². The van der Waals surface area contributed by atoms with E-state index in [2.05, 4.69) is 16.3 Å². The minimum atomic E-state index is 0.653. The SMILES string of the molecule is COc1ccc(CNC2CCN3CCC2C3)c(OC)c1. The summed E-state index contributed by atoms with van der Waals surface area (Å²) in [7, 11) is 3.40. The second-order valence-corrected chi connectivity index (χ2v) is 5.80. The van der Waals surface area contributed by atoms with Gasteiger partial charge in [-0.25, -0.2) is 0 Å². The van der Waals surface area contributed by atoms with Crippen LogP contribution >= 0.6 is 0 Å². The van der Waals surface area contributed by atoms with Crippen LogP contribution in [0.1, 0.15) is 18.4 Å². The first kappa shape index (κ1) is 13.7. The second kappa shape index (κ2) is 6.02. The molecule has 4 heteroatoms. The van der Waals surface area contributed by atoms with E-state index in [4.69, 9.17) is 9.47 Å². The molecule has 0 saturated carbocycles. The average Bonchev–Trinajstić information content (AvgIpc) is 2.88. The van der Waals surface area contributed by atoms with Crippen LogP contribution in [0.5, 0.6) is 11.5 Å². The van der Waals surface area contributed by atoms with Gasteiger partial charge in [-0.2, -0.15) is 0 Å². The van der Waals surface area contributed by atoms with Crippen LogP contribution in [-0.4, -0.2) is 44.8 Å². The van der Waals surface area contributed by atoms with Gasteiger partial charge < -0.3 is 19.7 Å². The fourth-order valence-electron chi connectivity index (χ4n) is 3.46. The van der Waals surface area contributed by atoms with Gasteiger partial charge in [-0.1, -0.05) is 6.07 Å². The lowest BCUT2D eigenvalue weighted by atomic mass is 9.94. The van der Waals surface area contributed by atoms with Crippen LogP contribution in [-0.2, 0) is 6.54 Å². The molecule has 0 radical (unpaired) electrons. The highest BCUT2D eigenvalue weighted by Gasteiger charge is 2.33. The molecule has 1 aromatic rings. The van der Waals surface area contributed by atoms with E-state index in [0.717, 1.165) is 24.0 Å². The number of nitrogens with zero attached hydrogens (tertiary/aromatic N) is 1. The monoisotopic (exact) mass is 276 g/mol. The molecule has 1 aromatic carbocycles. The van der Waals surface area contributed by atoms with Gasteiger partial charge in [0.25, 0.3) is 0 Å². The van der Waals surface area contributed by atoms with Crippen molar-refractivity contribution in [2.24, 2.45) is 5.92 Å². The van der Waals surface area contributed by atoms with E-state index < -0.39 is 0 Å². The van der Waals surface area contributed by atoms with Crippen LogP contribution in [0.3, 0.4) is 0 Å². The van der Waals surface area contributed by atoms with Crippen LogP contribution in [0.2, 0.25) is 0 Å². The summed E-state index contributed by atoms with van der Waals surface area (Å²) in [5.41, 5.74) is 1.20. The number of hydrogen-bond acceptors (Lipinski definition) is 4. The molecule has 2 aliphatic heterocycles. The van der Waals surface area contributed by atoms with Gasteiger partial charge in [-0.3, -0.25) is 0 Å². The first-order valence-electron chi connectivity index (χ1n) is 7.47. The molecule has 3 unspecified atom stereocenters. The maximum absolute atomic E-state index is 5.46. The van der Waals surface area contributed by atoms with Crippen LogP contribution in [0.4, 0.5) is 0 Å². The van der Waals surface area contributed by atoms with E-state index in [9.17, 15) is 0 Å². The number of rotatable bonds is 5. The molecule has 1 N–H and O–H groups in total. The van der Waals surface area contributed by atoms with Crippen LogP contribution < -0.4 is 14.8 Å². The molecule has 4 nitrogen and oxygen atoms in total. The number of ether oxygens (including phenoxy) is 2. The number of benzene rings is 1. The molecule has 3 rings (SSSR count). The molecule has 0 spiro atoms. The highest BCUT2D eigenvalue weighted by Crippen LogP contribution is 2.28. The fourth-order valence-corrected chi connectivity index (χ4v) is 3.46. The van der Waals surface area contributed by atoms with E-state index in [1.165, 1.54) is 38.0 Å². The Morgan fingerprint density at radius 2 is 2.05 bits per heavy atom.